The van der Waals surface area contributed by atoms with Gasteiger partial charge in [0.2, 0.25) is 0 Å². The minimum absolute atomic E-state index is 0.0610. The van der Waals surface area contributed by atoms with Crippen LogP contribution in [0.3, 0.4) is 0 Å². The normalized spacial score (nSPS) is 16.2. The van der Waals surface area contributed by atoms with Crippen molar-refractivity contribution in [1.82, 2.24) is 14.5 Å². The SMILES string of the molecule is CN(Cc1cccnc1)C(=O)c1c(OCC2CC2)cc(=O)n2c1CCCCC2. The van der Waals surface area contributed by atoms with Crippen molar-refractivity contribution in [3.8, 4) is 5.75 Å². The molecule has 0 atom stereocenters. The van der Waals surface area contributed by atoms with Crippen LogP contribution in [0.25, 0.3) is 0 Å². The molecule has 4 rings (SSSR count). The van der Waals surface area contributed by atoms with E-state index in [0.717, 1.165) is 49.8 Å². The maximum Gasteiger partial charge on any atom is 0.259 e. The zero-order valence-electron chi connectivity index (χ0n) is 16.4. The Morgan fingerprint density at radius 2 is 2.18 bits per heavy atom. The van der Waals surface area contributed by atoms with Gasteiger partial charge in [-0.3, -0.25) is 14.6 Å². The summed E-state index contributed by atoms with van der Waals surface area (Å²) in [5.41, 5.74) is 2.31. The summed E-state index contributed by atoms with van der Waals surface area (Å²) in [7, 11) is 1.79. The number of rotatable bonds is 6. The van der Waals surface area contributed by atoms with Crippen LogP contribution >= 0.6 is 0 Å². The third-order valence-electron chi connectivity index (χ3n) is 5.55. The lowest BCUT2D eigenvalue weighted by atomic mass is 10.1. The molecule has 1 saturated carbocycles. The Morgan fingerprint density at radius 3 is 2.93 bits per heavy atom. The summed E-state index contributed by atoms with van der Waals surface area (Å²) < 4.78 is 7.78. The lowest BCUT2D eigenvalue weighted by Gasteiger charge is -2.23. The molecule has 148 valence electrons. The highest BCUT2D eigenvalue weighted by Gasteiger charge is 2.28. The van der Waals surface area contributed by atoms with Crippen LogP contribution in [0, 0.1) is 5.92 Å². The zero-order chi connectivity index (χ0) is 19.5. The van der Waals surface area contributed by atoms with Crippen molar-refractivity contribution in [2.45, 2.75) is 51.6 Å². The largest absolute Gasteiger partial charge is 0.492 e. The van der Waals surface area contributed by atoms with Crippen LogP contribution < -0.4 is 10.3 Å². The first kappa shape index (κ1) is 18.7. The number of carbonyl (C=O) groups is 1. The first-order valence-electron chi connectivity index (χ1n) is 10.2. The van der Waals surface area contributed by atoms with Crippen molar-refractivity contribution in [3.63, 3.8) is 0 Å². The molecule has 0 spiro atoms. The van der Waals surface area contributed by atoms with E-state index >= 15 is 0 Å². The average molecular weight is 381 g/mol. The molecule has 6 nitrogen and oxygen atoms in total. The van der Waals surface area contributed by atoms with Gasteiger partial charge in [0.1, 0.15) is 11.3 Å². The van der Waals surface area contributed by atoms with Gasteiger partial charge < -0.3 is 14.2 Å². The molecule has 1 fully saturated rings. The fourth-order valence-corrected chi connectivity index (χ4v) is 3.78. The minimum atomic E-state index is -0.0969. The van der Waals surface area contributed by atoms with Gasteiger partial charge in [0.05, 0.1) is 6.61 Å². The molecular formula is C22H27N3O3. The van der Waals surface area contributed by atoms with E-state index in [1.54, 1.807) is 28.9 Å². The van der Waals surface area contributed by atoms with E-state index in [9.17, 15) is 9.59 Å². The third kappa shape index (κ3) is 4.11. The molecule has 1 amide bonds. The van der Waals surface area contributed by atoms with Gasteiger partial charge in [-0.25, -0.2) is 0 Å². The average Bonchev–Trinajstić information content (AvgIpc) is 3.53. The highest BCUT2D eigenvalue weighted by atomic mass is 16.5. The predicted molar refractivity (Wildman–Crippen MR) is 107 cm³/mol. The molecule has 2 aromatic heterocycles. The van der Waals surface area contributed by atoms with Crippen LogP contribution in [0.1, 0.15) is 53.7 Å². The Kier molecular flexibility index (Phi) is 5.46. The van der Waals surface area contributed by atoms with Gasteiger partial charge in [0.25, 0.3) is 11.5 Å². The van der Waals surface area contributed by atoms with Crippen molar-refractivity contribution in [1.29, 1.82) is 0 Å². The maximum absolute atomic E-state index is 13.4. The molecule has 0 saturated heterocycles. The number of carbonyl (C=O) groups excluding carboxylic acids is 1. The molecule has 0 radical (unpaired) electrons. The van der Waals surface area contributed by atoms with Gasteiger partial charge in [-0.05, 0) is 49.7 Å². The molecule has 1 aliphatic heterocycles. The summed E-state index contributed by atoms with van der Waals surface area (Å²) in [6.45, 7) is 1.71. The van der Waals surface area contributed by atoms with Gasteiger partial charge in [0, 0.05) is 44.3 Å². The van der Waals surface area contributed by atoms with Crippen LogP contribution in [-0.2, 0) is 19.5 Å². The lowest BCUT2D eigenvalue weighted by molar-refractivity contribution is 0.0777. The van der Waals surface area contributed by atoms with E-state index in [1.807, 2.05) is 12.1 Å². The molecule has 0 N–H and O–H groups in total. The molecule has 2 aromatic rings. The number of nitrogens with zero attached hydrogens (tertiary/aromatic N) is 3. The number of amides is 1. The van der Waals surface area contributed by atoms with Crippen LogP contribution in [-0.4, -0.2) is 34.0 Å². The molecule has 3 heterocycles. The Bertz CT molecular complexity index is 903. The Morgan fingerprint density at radius 1 is 1.32 bits per heavy atom. The van der Waals surface area contributed by atoms with Gasteiger partial charge >= 0.3 is 0 Å². The number of ether oxygens (including phenoxy) is 1. The van der Waals surface area contributed by atoms with E-state index in [-0.39, 0.29) is 11.5 Å². The number of hydrogen-bond donors (Lipinski definition) is 0. The second-order valence-corrected chi connectivity index (χ2v) is 7.91. The summed E-state index contributed by atoms with van der Waals surface area (Å²) in [5.74, 6) is 0.908. The zero-order valence-corrected chi connectivity index (χ0v) is 16.4. The second kappa shape index (κ2) is 8.17. The monoisotopic (exact) mass is 381 g/mol. The molecule has 6 heteroatoms. The lowest BCUT2D eigenvalue weighted by Crippen LogP contribution is -2.32. The maximum atomic E-state index is 13.4. The van der Waals surface area contributed by atoms with Gasteiger partial charge in [-0.15, -0.1) is 0 Å². The molecular weight excluding hydrogens is 354 g/mol. The van der Waals surface area contributed by atoms with E-state index in [0.29, 0.717) is 36.9 Å². The quantitative estimate of drug-likeness (QED) is 0.772. The summed E-state index contributed by atoms with van der Waals surface area (Å²) >= 11 is 0. The van der Waals surface area contributed by atoms with Crippen molar-refractivity contribution in [2.24, 2.45) is 5.92 Å². The molecule has 0 aromatic carbocycles. The van der Waals surface area contributed by atoms with Gasteiger partial charge in [-0.1, -0.05) is 12.5 Å². The van der Waals surface area contributed by atoms with Crippen LogP contribution in [0.4, 0.5) is 0 Å². The van der Waals surface area contributed by atoms with E-state index in [1.165, 1.54) is 6.07 Å². The van der Waals surface area contributed by atoms with Crippen molar-refractivity contribution < 1.29 is 9.53 Å². The standard InChI is InChI=1S/C22H27N3O3/c1-24(14-17-6-5-10-23-13-17)22(27)21-18-7-3-2-4-11-25(18)20(26)12-19(21)28-15-16-8-9-16/h5-6,10,12-13,16H,2-4,7-9,11,14-15H2,1H3. The molecule has 28 heavy (non-hydrogen) atoms. The summed E-state index contributed by atoms with van der Waals surface area (Å²) in [6.07, 6.45) is 9.56. The van der Waals surface area contributed by atoms with E-state index < -0.39 is 0 Å². The first-order valence-corrected chi connectivity index (χ1v) is 10.2. The smallest absolute Gasteiger partial charge is 0.259 e. The first-order chi connectivity index (χ1) is 13.6. The van der Waals surface area contributed by atoms with Crippen LogP contribution in [0.2, 0.25) is 0 Å². The second-order valence-electron chi connectivity index (χ2n) is 7.91. The summed E-state index contributed by atoms with van der Waals surface area (Å²) in [6, 6.07) is 5.34. The van der Waals surface area contributed by atoms with E-state index in [4.69, 9.17) is 4.74 Å². The highest BCUT2D eigenvalue weighted by Crippen LogP contribution is 2.32. The predicted octanol–water partition coefficient (Wildman–Crippen LogP) is 3.03. The number of aromatic nitrogens is 2. The van der Waals surface area contributed by atoms with Crippen molar-refractivity contribution >= 4 is 5.91 Å². The highest BCUT2D eigenvalue weighted by molar-refractivity contribution is 5.98. The summed E-state index contributed by atoms with van der Waals surface area (Å²) in [4.78, 5) is 31.9. The molecule has 2 aliphatic rings. The molecule has 1 aliphatic carbocycles. The third-order valence-corrected chi connectivity index (χ3v) is 5.55. The van der Waals surface area contributed by atoms with Crippen LogP contribution in [0.15, 0.2) is 35.4 Å². The van der Waals surface area contributed by atoms with Crippen LogP contribution in [0.5, 0.6) is 5.75 Å². The minimum Gasteiger partial charge on any atom is -0.492 e. The van der Waals surface area contributed by atoms with Gasteiger partial charge in [-0.2, -0.15) is 0 Å². The Hall–Kier alpha value is -2.63. The van der Waals surface area contributed by atoms with E-state index in [2.05, 4.69) is 4.98 Å². The van der Waals surface area contributed by atoms with Crippen molar-refractivity contribution in [2.75, 3.05) is 13.7 Å². The molecule has 0 unspecified atom stereocenters. The fourth-order valence-electron chi connectivity index (χ4n) is 3.78. The summed E-state index contributed by atoms with van der Waals surface area (Å²) in [5, 5.41) is 0. The Labute approximate surface area is 165 Å². The Balaban J connectivity index is 1.69. The van der Waals surface area contributed by atoms with Gasteiger partial charge in [0.15, 0.2) is 0 Å². The number of fused-ring (bicyclic) bond motifs is 1. The topological polar surface area (TPSA) is 64.4 Å². The van der Waals surface area contributed by atoms with Crippen molar-refractivity contribution in [3.05, 3.63) is 57.8 Å². The number of pyridine rings is 2. The fraction of sp³-hybridized carbons (Fsp3) is 0.500. The number of hydrogen-bond acceptors (Lipinski definition) is 4. The molecule has 0 bridgehead atoms.